The van der Waals surface area contributed by atoms with E-state index in [4.69, 9.17) is 10.8 Å². The van der Waals surface area contributed by atoms with Crippen molar-refractivity contribution in [1.29, 1.82) is 0 Å². The fourth-order valence-corrected chi connectivity index (χ4v) is 1.22. The number of benzene rings is 1. The van der Waals surface area contributed by atoms with E-state index < -0.39 is 35.5 Å². The molecule has 0 fully saturated rings. The van der Waals surface area contributed by atoms with E-state index in [0.717, 1.165) is 18.2 Å². The van der Waals surface area contributed by atoms with E-state index in [0.29, 0.717) is 6.07 Å². The Balaban J connectivity index is 3.04. The highest BCUT2D eigenvalue weighted by molar-refractivity contribution is 5.74. The highest BCUT2D eigenvalue weighted by Gasteiger charge is 2.32. The standard InChI is InChI=1S/C10H9F4NO2/c11-7(8(15)9(16)17)5-2-1-3-6(4-5)10(12,13)14/h1-4,7-8H,15H2,(H,16,17). The van der Waals surface area contributed by atoms with E-state index in [1.54, 1.807) is 0 Å². The second-order valence-corrected chi connectivity index (χ2v) is 3.39. The summed E-state index contributed by atoms with van der Waals surface area (Å²) in [4.78, 5) is 10.4. The van der Waals surface area contributed by atoms with Gasteiger partial charge in [-0.2, -0.15) is 13.2 Å². The molecule has 7 heteroatoms. The lowest BCUT2D eigenvalue weighted by Crippen LogP contribution is -2.34. The number of hydrogen-bond acceptors (Lipinski definition) is 2. The molecule has 0 aliphatic carbocycles. The zero-order valence-electron chi connectivity index (χ0n) is 8.41. The fraction of sp³-hybridized carbons (Fsp3) is 0.300. The lowest BCUT2D eigenvalue weighted by atomic mass is 10.0. The van der Waals surface area contributed by atoms with E-state index >= 15 is 0 Å². The van der Waals surface area contributed by atoms with Crippen LogP contribution in [0.25, 0.3) is 0 Å². The molecule has 0 aliphatic rings. The number of nitrogens with two attached hydrogens (primary N) is 1. The number of hydrogen-bond donors (Lipinski definition) is 2. The average Bonchev–Trinajstić information content (AvgIpc) is 2.26. The minimum absolute atomic E-state index is 0.408. The Morgan fingerprint density at radius 1 is 1.35 bits per heavy atom. The highest BCUT2D eigenvalue weighted by Crippen LogP contribution is 2.31. The van der Waals surface area contributed by atoms with Crippen LogP contribution in [-0.2, 0) is 11.0 Å². The highest BCUT2D eigenvalue weighted by atomic mass is 19.4. The van der Waals surface area contributed by atoms with Crippen LogP contribution < -0.4 is 5.73 Å². The fourth-order valence-electron chi connectivity index (χ4n) is 1.22. The summed E-state index contributed by atoms with van der Waals surface area (Å²) in [7, 11) is 0. The summed E-state index contributed by atoms with van der Waals surface area (Å²) >= 11 is 0. The van der Waals surface area contributed by atoms with Gasteiger partial charge in [-0.05, 0) is 17.7 Å². The van der Waals surface area contributed by atoms with Crippen LogP contribution in [0.3, 0.4) is 0 Å². The Morgan fingerprint density at radius 2 is 1.94 bits per heavy atom. The predicted molar refractivity (Wildman–Crippen MR) is 50.9 cm³/mol. The molecule has 2 unspecified atom stereocenters. The van der Waals surface area contributed by atoms with Crippen molar-refractivity contribution in [3.8, 4) is 0 Å². The summed E-state index contributed by atoms with van der Waals surface area (Å²) in [5.74, 6) is -1.62. The first kappa shape index (κ1) is 13.4. The quantitative estimate of drug-likeness (QED) is 0.809. The van der Waals surface area contributed by atoms with Crippen LogP contribution in [0.5, 0.6) is 0 Å². The molecule has 0 aliphatic heterocycles. The summed E-state index contributed by atoms with van der Waals surface area (Å²) in [5.41, 5.74) is 3.54. The number of alkyl halides is 4. The van der Waals surface area contributed by atoms with Crippen LogP contribution in [0.1, 0.15) is 17.3 Å². The van der Waals surface area contributed by atoms with Crippen LogP contribution in [0.15, 0.2) is 24.3 Å². The van der Waals surface area contributed by atoms with Crippen LogP contribution in [0.4, 0.5) is 17.6 Å². The molecule has 1 rings (SSSR count). The topological polar surface area (TPSA) is 63.3 Å². The van der Waals surface area contributed by atoms with Crippen molar-refractivity contribution in [1.82, 2.24) is 0 Å². The van der Waals surface area contributed by atoms with E-state index in [1.165, 1.54) is 0 Å². The van der Waals surface area contributed by atoms with Crippen molar-refractivity contribution in [2.75, 3.05) is 0 Å². The molecule has 0 spiro atoms. The lowest BCUT2D eigenvalue weighted by molar-refractivity contribution is -0.140. The smallest absolute Gasteiger partial charge is 0.416 e. The third-order valence-electron chi connectivity index (χ3n) is 2.13. The molecule has 0 saturated carbocycles. The summed E-state index contributed by atoms with van der Waals surface area (Å²) in [6.07, 6.45) is -6.79. The van der Waals surface area contributed by atoms with Gasteiger partial charge in [-0.3, -0.25) is 4.79 Å². The molecule has 0 amide bonds. The molecule has 17 heavy (non-hydrogen) atoms. The minimum atomic E-state index is -4.61. The third-order valence-corrected chi connectivity index (χ3v) is 2.13. The Labute approximate surface area is 93.8 Å². The van der Waals surface area contributed by atoms with Crippen LogP contribution in [-0.4, -0.2) is 17.1 Å². The zero-order valence-corrected chi connectivity index (χ0v) is 8.41. The van der Waals surface area contributed by atoms with Crippen LogP contribution >= 0.6 is 0 Å². The molecule has 1 aromatic rings. The molecule has 1 aromatic carbocycles. The van der Waals surface area contributed by atoms with E-state index in [1.807, 2.05) is 0 Å². The van der Waals surface area contributed by atoms with Gasteiger partial charge in [0.25, 0.3) is 0 Å². The van der Waals surface area contributed by atoms with Gasteiger partial charge in [-0.1, -0.05) is 12.1 Å². The van der Waals surface area contributed by atoms with Gasteiger partial charge in [0.1, 0.15) is 6.04 Å². The first-order valence-electron chi connectivity index (χ1n) is 4.53. The van der Waals surface area contributed by atoms with Gasteiger partial charge in [0.15, 0.2) is 6.17 Å². The number of halogens is 4. The first-order chi connectivity index (χ1) is 7.73. The molecular weight excluding hydrogens is 242 g/mol. The molecule has 0 heterocycles. The summed E-state index contributed by atoms with van der Waals surface area (Å²) in [6, 6.07) is 1.48. The zero-order chi connectivity index (χ0) is 13.2. The largest absolute Gasteiger partial charge is 0.480 e. The maximum Gasteiger partial charge on any atom is 0.416 e. The summed E-state index contributed by atoms with van der Waals surface area (Å²) in [6.45, 7) is 0. The monoisotopic (exact) mass is 251 g/mol. The van der Waals surface area contributed by atoms with Crippen molar-refractivity contribution in [3.05, 3.63) is 35.4 Å². The number of carboxylic acids is 1. The number of carbonyl (C=O) groups is 1. The van der Waals surface area contributed by atoms with Crippen LogP contribution in [0.2, 0.25) is 0 Å². The third kappa shape index (κ3) is 3.16. The molecule has 0 aromatic heterocycles. The van der Waals surface area contributed by atoms with Gasteiger partial charge in [-0.25, -0.2) is 4.39 Å². The number of rotatable bonds is 3. The maximum atomic E-state index is 13.5. The number of aliphatic carboxylic acids is 1. The molecule has 94 valence electrons. The minimum Gasteiger partial charge on any atom is -0.480 e. The summed E-state index contributed by atoms with van der Waals surface area (Å²) in [5, 5.41) is 8.46. The van der Waals surface area contributed by atoms with Crippen molar-refractivity contribution in [2.24, 2.45) is 5.73 Å². The van der Waals surface area contributed by atoms with E-state index in [9.17, 15) is 22.4 Å². The maximum absolute atomic E-state index is 13.5. The Morgan fingerprint density at radius 3 is 2.41 bits per heavy atom. The SMILES string of the molecule is NC(C(=O)O)C(F)c1cccc(C(F)(F)F)c1. The van der Waals surface area contributed by atoms with Crippen molar-refractivity contribution in [3.63, 3.8) is 0 Å². The molecule has 0 radical (unpaired) electrons. The van der Waals surface area contributed by atoms with Gasteiger partial charge >= 0.3 is 12.1 Å². The summed E-state index contributed by atoms with van der Waals surface area (Å²) < 4.78 is 50.4. The van der Waals surface area contributed by atoms with Gasteiger partial charge in [0, 0.05) is 0 Å². The van der Waals surface area contributed by atoms with Crippen molar-refractivity contribution < 1.29 is 27.5 Å². The van der Waals surface area contributed by atoms with Gasteiger partial charge in [-0.15, -0.1) is 0 Å². The second-order valence-electron chi connectivity index (χ2n) is 3.39. The van der Waals surface area contributed by atoms with Crippen molar-refractivity contribution in [2.45, 2.75) is 18.4 Å². The Hall–Kier alpha value is -1.63. The first-order valence-corrected chi connectivity index (χ1v) is 4.53. The average molecular weight is 251 g/mol. The van der Waals surface area contributed by atoms with Crippen molar-refractivity contribution >= 4 is 5.97 Å². The Bertz CT molecular complexity index is 419. The molecule has 2 atom stereocenters. The van der Waals surface area contributed by atoms with Gasteiger partial charge in [0.05, 0.1) is 5.56 Å². The molecule has 3 nitrogen and oxygen atoms in total. The molecule has 3 N–H and O–H groups in total. The Kier molecular flexibility index (Phi) is 3.72. The van der Waals surface area contributed by atoms with Gasteiger partial charge in [0.2, 0.25) is 0 Å². The molecule has 0 saturated heterocycles. The molecule has 0 bridgehead atoms. The molecular formula is C10H9F4NO2. The number of carboxylic acid groups (broad SMARTS) is 1. The van der Waals surface area contributed by atoms with E-state index in [-0.39, 0.29) is 0 Å². The van der Waals surface area contributed by atoms with Gasteiger partial charge < -0.3 is 10.8 Å². The van der Waals surface area contributed by atoms with Crippen LogP contribution in [0, 0.1) is 0 Å². The normalized spacial score (nSPS) is 15.4. The predicted octanol–water partition coefficient (Wildman–Crippen LogP) is 2.13. The second kappa shape index (κ2) is 4.70. The van der Waals surface area contributed by atoms with E-state index in [2.05, 4.69) is 0 Å². The lowest BCUT2D eigenvalue weighted by Gasteiger charge is -2.14.